The van der Waals surface area contributed by atoms with Crippen LogP contribution in [0, 0.1) is 0 Å². The number of nitrogen functional groups attached to an aromatic ring is 1. The van der Waals surface area contributed by atoms with E-state index < -0.39 is 6.10 Å². The third-order valence-corrected chi connectivity index (χ3v) is 3.17. The van der Waals surface area contributed by atoms with E-state index in [1.807, 2.05) is 16.8 Å². The second-order valence-electron chi connectivity index (χ2n) is 3.98. The van der Waals surface area contributed by atoms with Crippen molar-refractivity contribution in [3.63, 3.8) is 0 Å². The number of aliphatic hydroxyl groups excluding tert-OH is 1. The Bertz CT molecular complexity index is 518. The van der Waals surface area contributed by atoms with Gasteiger partial charge in [0.2, 0.25) is 0 Å². The van der Waals surface area contributed by atoms with Gasteiger partial charge in [0.1, 0.15) is 18.2 Å². The van der Waals surface area contributed by atoms with Crippen LogP contribution >= 0.6 is 11.3 Å². The second kappa shape index (κ2) is 6.46. The van der Waals surface area contributed by atoms with Crippen LogP contribution in [-0.4, -0.2) is 28.7 Å². The summed E-state index contributed by atoms with van der Waals surface area (Å²) < 4.78 is 4.97. The van der Waals surface area contributed by atoms with Gasteiger partial charge in [0.25, 0.3) is 0 Å². The zero-order chi connectivity index (χ0) is 13.7. The quantitative estimate of drug-likeness (QED) is 0.741. The van der Waals surface area contributed by atoms with Gasteiger partial charge < -0.3 is 20.9 Å². The SMILES string of the molecule is COCc1nc(N)cc(NCC(O)c2ccsc2)n1. The lowest BCUT2D eigenvalue weighted by atomic mass is 10.2. The molecular weight excluding hydrogens is 264 g/mol. The third kappa shape index (κ3) is 3.88. The van der Waals surface area contributed by atoms with Gasteiger partial charge in [0.05, 0.1) is 6.10 Å². The highest BCUT2D eigenvalue weighted by Gasteiger charge is 2.09. The average Bonchev–Trinajstić information content (AvgIpc) is 2.89. The predicted octanol–water partition coefficient (Wildman–Crippen LogP) is 1.41. The first-order valence-electron chi connectivity index (χ1n) is 5.75. The third-order valence-electron chi connectivity index (χ3n) is 2.47. The molecule has 0 saturated carbocycles. The summed E-state index contributed by atoms with van der Waals surface area (Å²) in [4.78, 5) is 8.28. The molecule has 0 bridgehead atoms. The van der Waals surface area contributed by atoms with Crippen LogP contribution in [0.4, 0.5) is 11.6 Å². The van der Waals surface area contributed by atoms with E-state index in [4.69, 9.17) is 10.5 Å². The zero-order valence-corrected chi connectivity index (χ0v) is 11.4. The number of nitrogens with two attached hydrogens (primary N) is 1. The Morgan fingerprint density at radius 1 is 1.53 bits per heavy atom. The summed E-state index contributed by atoms with van der Waals surface area (Å²) in [7, 11) is 1.57. The van der Waals surface area contributed by atoms with E-state index in [-0.39, 0.29) is 0 Å². The Kier molecular flexibility index (Phi) is 4.67. The molecular formula is C12H16N4O2S. The van der Waals surface area contributed by atoms with Crippen molar-refractivity contribution >= 4 is 23.0 Å². The molecule has 0 saturated heterocycles. The number of thiophene rings is 1. The number of aliphatic hydroxyl groups is 1. The molecule has 2 heterocycles. The molecule has 0 aliphatic heterocycles. The number of hydrogen-bond acceptors (Lipinski definition) is 7. The maximum absolute atomic E-state index is 9.96. The molecule has 0 aliphatic rings. The van der Waals surface area contributed by atoms with Gasteiger partial charge in [-0.2, -0.15) is 11.3 Å². The van der Waals surface area contributed by atoms with Crippen molar-refractivity contribution in [2.75, 3.05) is 24.7 Å². The normalized spacial score (nSPS) is 12.3. The Morgan fingerprint density at radius 3 is 3.05 bits per heavy atom. The minimum absolute atomic E-state index is 0.298. The van der Waals surface area contributed by atoms with Gasteiger partial charge in [-0.05, 0) is 22.4 Å². The van der Waals surface area contributed by atoms with Gasteiger partial charge in [-0.3, -0.25) is 0 Å². The van der Waals surface area contributed by atoms with Crippen molar-refractivity contribution in [3.8, 4) is 0 Å². The molecule has 0 radical (unpaired) electrons. The smallest absolute Gasteiger partial charge is 0.158 e. The summed E-state index contributed by atoms with van der Waals surface area (Å²) in [6.45, 7) is 0.659. The topological polar surface area (TPSA) is 93.3 Å². The molecule has 7 heteroatoms. The number of ether oxygens (including phenoxy) is 1. The van der Waals surface area contributed by atoms with Gasteiger partial charge in [0.15, 0.2) is 5.82 Å². The lowest BCUT2D eigenvalue weighted by Crippen LogP contribution is -2.14. The van der Waals surface area contributed by atoms with Crippen LogP contribution in [0.15, 0.2) is 22.9 Å². The standard InChI is InChI=1S/C12H16N4O2S/c1-18-6-12-15-10(13)4-11(16-12)14-5-9(17)8-2-3-19-7-8/h2-4,7,9,17H,5-6H2,1H3,(H3,13,14,15,16). The van der Waals surface area contributed by atoms with Crippen LogP contribution < -0.4 is 11.1 Å². The maximum atomic E-state index is 9.96. The molecule has 2 aromatic heterocycles. The molecule has 0 aliphatic carbocycles. The summed E-state index contributed by atoms with van der Waals surface area (Å²) >= 11 is 1.55. The number of nitrogens with zero attached hydrogens (tertiary/aromatic N) is 2. The van der Waals surface area contributed by atoms with Gasteiger partial charge >= 0.3 is 0 Å². The summed E-state index contributed by atoms with van der Waals surface area (Å²) in [5, 5.41) is 16.8. The number of rotatable bonds is 6. The fraction of sp³-hybridized carbons (Fsp3) is 0.333. The fourth-order valence-corrected chi connectivity index (χ4v) is 2.29. The Labute approximate surface area is 115 Å². The summed E-state index contributed by atoms with van der Waals surface area (Å²) in [5.74, 6) is 1.46. The highest BCUT2D eigenvalue weighted by molar-refractivity contribution is 7.07. The molecule has 102 valence electrons. The number of methoxy groups -OCH3 is 1. The first kappa shape index (κ1) is 13.7. The fourth-order valence-electron chi connectivity index (χ4n) is 1.59. The molecule has 2 rings (SSSR count). The van der Waals surface area contributed by atoms with E-state index in [0.29, 0.717) is 30.6 Å². The number of hydrogen-bond donors (Lipinski definition) is 3. The van der Waals surface area contributed by atoms with Gasteiger partial charge in [-0.25, -0.2) is 9.97 Å². The lowest BCUT2D eigenvalue weighted by molar-refractivity contribution is 0.178. The predicted molar refractivity (Wildman–Crippen MR) is 74.9 cm³/mol. The maximum Gasteiger partial charge on any atom is 0.158 e. The van der Waals surface area contributed by atoms with Crippen LogP contribution in [0.2, 0.25) is 0 Å². The van der Waals surface area contributed by atoms with Crippen LogP contribution in [0.1, 0.15) is 17.5 Å². The van der Waals surface area contributed by atoms with E-state index in [1.165, 1.54) is 0 Å². The molecule has 0 aromatic carbocycles. The van der Waals surface area contributed by atoms with Crippen LogP contribution in [0.3, 0.4) is 0 Å². The molecule has 0 spiro atoms. The van der Waals surface area contributed by atoms with E-state index in [1.54, 1.807) is 24.5 Å². The first-order chi connectivity index (χ1) is 9.19. The molecule has 6 nitrogen and oxygen atoms in total. The Balaban J connectivity index is 1.99. The van der Waals surface area contributed by atoms with Gasteiger partial charge in [-0.1, -0.05) is 0 Å². The van der Waals surface area contributed by atoms with Crippen molar-refractivity contribution in [2.24, 2.45) is 0 Å². The molecule has 19 heavy (non-hydrogen) atoms. The number of aromatic nitrogens is 2. The first-order valence-corrected chi connectivity index (χ1v) is 6.69. The molecule has 4 N–H and O–H groups in total. The second-order valence-corrected chi connectivity index (χ2v) is 4.76. The van der Waals surface area contributed by atoms with E-state index in [9.17, 15) is 5.11 Å². The van der Waals surface area contributed by atoms with Crippen molar-refractivity contribution in [3.05, 3.63) is 34.3 Å². The largest absolute Gasteiger partial charge is 0.387 e. The number of nitrogens with one attached hydrogen (secondary N) is 1. The number of anilines is 2. The zero-order valence-electron chi connectivity index (χ0n) is 10.5. The van der Waals surface area contributed by atoms with Crippen molar-refractivity contribution < 1.29 is 9.84 Å². The van der Waals surface area contributed by atoms with E-state index in [0.717, 1.165) is 5.56 Å². The lowest BCUT2D eigenvalue weighted by Gasteiger charge is -2.12. The molecule has 2 aromatic rings. The van der Waals surface area contributed by atoms with E-state index >= 15 is 0 Å². The van der Waals surface area contributed by atoms with Crippen molar-refractivity contribution in [1.82, 2.24) is 9.97 Å². The summed E-state index contributed by atoms with van der Waals surface area (Å²) in [5.41, 5.74) is 6.57. The minimum atomic E-state index is -0.576. The van der Waals surface area contributed by atoms with Crippen molar-refractivity contribution in [2.45, 2.75) is 12.7 Å². The molecule has 1 atom stereocenters. The average molecular weight is 280 g/mol. The van der Waals surface area contributed by atoms with Gasteiger partial charge in [0, 0.05) is 19.7 Å². The Morgan fingerprint density at radius 2 is 2.37 bits per heavy atom. The monoisotopic (exact) mass is 280 g/mol. The molecule has 0 amide bonds. The molecule has 0 fully saturated rings. The van der Waals surface area contributed by atoms with Crippen LogP contribution in [0.25, 0.3) is 0 Å². The van der Waals surface area contributed by atoms with Crippen molar-refractivity contribution in [1.29, 1.82) is 0 Å². The molecule has 1 unspecified atom stereocenters. The highest BCUT2D eigenvalue weighted by atomic mass is 32.1. The van der Waals surface area contributed by atoms with Gasteiger partial charge in [-0.15, -0.1) is 0 Å². The van der Waals surface area contributed by atoms with Crippen LogP contribution in [0.5, 0.6) is 0 Å². The van der Waals surface area contributed by atoms with E-state index in [2.05, 4.69) is 15.3 Å². The minimum Gasteiger partial charge on any atom is -0.387 e. The summed E-state index contributed by atoms with van der Waals surface area (Å²) in [6.07, 6.45) is -0.576. The Hall–Kier alpha value is -1.70. The highest BCUT2D eigenvalue weighted by Crippen LogP contribution is 2.17. The van der Waals surface area contributed by atoms with Crippen LogP contribution in [-0.2, 0) is 11.3 Å². The summed E-state index contributed by atoms with van der Waals surface area (Å²) in [6, 6.07) is 3.52.